The Labute approximate surface area is 139 Å². The van der Waals surface area contributed by atoms with Crippen molar-refractivity contribution in [1.82, 2.24) is 0 Å². The van der Waals surface area contributed by atoms with Crippen LogP contribution in [0.4, 0.5) is 0 Å². The molecule has 0 aliphatic carbocycles. The number of esters is 2. The van der Waals surface area contributed by atoms with Crippen molar-refractivity contribution in [2.24, 2.45) is 0 Å². The minimum absolute atomic E-state index is 0.0526. The van der Waals surface area contributed by atoms with Crippen LogP contribution in [0, 0.1) is 0 Å². The molecule has 0 N–H and O–H groups in total. The molecule has 0 spiro atoms. The predicted octanol–water partition coefficient (Wildman–Crippen LogP) is 3.29. The summed E-state index contributed by atoms with van der Waals surface area (Å²) in [5.41, 5.74) is 1.73. The molecule has 0 bridgehead atoms. The lowest BCUT2D eigenvalue weighted by atomic mass is 10.1. The van der Waals surface area contributed by atoms with Gasteiger partial charge in [-0.25, -0.2) is 9.59 Å². The first-order chi connectivity index (χ1) is 11.5. The van der Waals surface area contributed by atoms with Gasteiger partial charge in [0.15, 0.2) is 5.78 Å². The lowest BCUT2D eigenvalue weighted by Gasteiger charge is -2.02. The Balaban J connectivity index is 1.97. The number of methoxy groups -OCH3 is 1. The van der Waals surface area contributed by atoms with E-state index in [2.05, 4.69) is 4.74 Å². The van der Waals surface area contributed by atoms with Gasteiger partial charge in [-0.1, -0.05) is 12.1 Å². The van der Waals surface area contributed by atoms with Gasteiger partial charge in [-0.05, 0) is 55.0 Å². The molecule has 0 radical (unpaired) electrons. The van der Waals surface area contributed by atoms with Gasteiger partial charge < -0.3 is 9.47 Å². The van der Waals surface area contributed by atoms with Crippen molar-refractivity contribution in [2.75, 3.05) is 7.11 Å². The summed E-state index contributed by atoms with van der Waals surface area (Å²) in [5, 5.41) is 0. The van der Waals surface area contributed by atoms with E-state index in [0.717, 1.165) is 5.56 Å². The molecule has 5 heteroatoms. The molecule has 0 aliphatic rings. The first kappa shape index (κ1) is 17.1. The molecule has 5 nitrogen and oxygen atoms in total. The number of ether oxygens (including phenoxy) is 2. The second-order valence-electron chi connectivity index (χ2n) is 4.95. The van der Waals surface area contributed by atoms with E-state index in [1.807, 2.05) is 0 Å². The molecule has 0 saturated heterocycles. The minimum atomic E-state index is -0.539. The topological polar surface area (TPSA) is 69.7 Å². The van der Waals surface area contributed by atoms with Gasteiger partial charge >= 0.3 is 11.9 Å². The highest BCUT2D eigenvalue weighted by atomic mass is 16.5. The third-order valence-corrected chi connectivity index (χ3v) is 3.22. The summed E-state index contributed by atoms with van der Waals surface area (Å²) >= 11 is 0. The third-order valence-electron chi connectivity index (χ3n) is 3.22. The van der Waals surface area contributed by atoms with Crippen LogP contribution in [0.15, 0.2) is 54.6 Å². The molecule has 0 aliphatic heterocycles. The smallest absolute Gasteiger partial charge is 0.337 e. The van der Waals surface area contributed by atoms with Crippen LogP contribution in [0.2, 0.25) is 0 Å². The second kappa shape index (κ2) is 7.87. The van der Waals surface area contributed by atoms with Crippen molar-refractivity contribution >= 4 is 23.8 Å². The third kappa shape index (κ3) is 4.64. The van der Waals surface area contributed by atoms with Crippen LogP contribution in [0.25, 0.3) is 6.08 Å². The van der Waals surface area contributed by atoms with E-state index in [9.17, 15) is 14.4 Å². The van der Waals surface area contributed by atoms with Crippen molar-refractivity contribution in [2.45, 2.75) is 6.92 Å². The molecule has 2 rings (SSSR count). The number of Topliss-reactive ketones (excluding diaryl/α,β-unsaturated/α-hetero) is 1. The molecular formula is C19H16O5. The summed E-state index contributed by atoms with van der Waals surface area (Å²) in [6.07, 6.45) is 2.86. The molecule has 24 heavy (non-hydrogen) atoms. The molecule has 0 atom stereocenters. The van der Waals surface area contributed by atoms with E-state index < -0.39 is 11.9 Å². The number of ketones is 1. The Morgan fingerprint density at radius 3 is 2.00 bits per heavy atom. The van der Waals surface area contributed by atoms with E-state index in [1.165, 1.54) is 20.1 Å². The van der Waals surface area contributed by atoms with Gasteiger partial charge in [0, 0.05) is 11.6 Å². The predicted molar refractivity (Wildman–Crippen MR) is 88.9 cm³/mol. The van der Waals surface area contributed by atoms with Gasteiger partial charge in [0.1, 0.15) is 5.75 Å². The SMILES string of the molecule is COC(=O)c1ccc(/C=C/C(=O)Oc2ccc(C(C)=O)cc2)cc1. The molecule has 2 aromatic carbocycles. The van der Waals surface area contributed by atoms with Crippen LogP contribution in [0.1, 0.15) is 33.2 Å². The summed E-state index contributed by atoms with van der Waals surface area (Å²) in [7, 11) is 1.31. The van der Waals surface area contributed by atoms with Crippen LogP contribution >= 0.6 is 0 Å². The van der Waals surface area contributed by atoms with Gasteiger partial charge in [0.25, 0.3) is 0 Å². The fourth-order valence-corrected chi connectivity index (χ4v) is 1.92. The van der Waals surface area contributed by atoms with Crippen LogP contribution < -0.4 is 4.74 Å². The summed E-state index contributed by atoms with van der Waals surface area (Å²) < 4.78 is 9.75. The molecule has 0 amide bonds. The average molecular weight is 324 g/mol. The second-order valence-corrected chi connectivity index (χ2v) is 4.95. The number of rotatable bonds is 5. The van der Waals surface area contributed by atoms with E-state index in [0.29, 0.717) is 16.9 Å². The molecule has 2 aromatic rings. The monoisotopic (exact) mass is 324 g/mol. The van der Waals surface area contributed by atoms with Crippen LogP contribution in [0.5, 0.6) is 5.75 Å². The van der Waals surface area contributed by atoms with Gasteiger partial charge in [0.2, 0.25) is 0 Å². The van der Waals surface area contributed by atoms with Crippen molar-refractivity contribution in [1.29, 1.82) is 0 Å². The highest BCUT2D eigenvalue weighted by molar-refractivity contribution is 5.94. The fourth-order valence-electron chi connectivity index (χ4n) is 1.92. The number of hydrogen-bond donors (Lipinski definition) is 0. The van der Waals surface area contributed by atoms with Crippen LogP contribution in [-0.2, 0) is 9.53 Å². The number of benzene rings is 2. The van der Waals surface area contributed by atoms with Crippen molar-refractivity contribution in [3.8, 4) is 5.75 Å². The van der Waals surface area contributed by atoms with Crippen molar-refractivity contribution < 1.29 is 23.9 Å². The van der Waals surface area contributed by atoms with Gasteiger partial charge in [-0.2, -0.15) is 0 Å². The maximum Gasteiger partial charge on any atom is 0.337 e. The molecule has 0 unspecified atom stereocenters. The summed E-state index contributed by atoms with van der Waals surface area (Å²) in [4.78, 5) is 34.3. The molecular weight excluding hydrogens is 308 g/mol. The first-order valence-corrected chi connectivity index (χ1v) is 7.19. The van der Waals surface area contributed by atoms with Crippen LogP contribution in [0.3, 0.4) is 0 Å². The fraction of sp³-hybridized carbons (Fsp3) is 0.105. The number of carbonyl (C=O) groups is 3. The lowest BCUT2D eigenvalue weighted by molar-refractivity contribution is -0.128. The highest BCUT2D eigenvalue weighted by Crippen LogP contribution is 2.13. The molecule has 0 heterocycles. The largest absolute Gasteiger partial charge is 0.465 e. The van der Waals surface area contributed by atoms with E-state index >= 15 is 0 Å². The normalized spacial score (nSPS) is 10.4. The van der Waals surface area contributed by atoms with Gasteiger partial charge in [-0.3, -0.25) is 4.79 Å². The summed E-state index contributed by atoms with van der Waals surface area (Å²) in [5.74, 6) is -0.652. The molecule has 0 aromatic heterocycles. The molecule has 122 valence electrons. The van der Waals surface area contributed by atoms with Crippen molar-refractivity contribution in [3.63, 3.8) is 0 Å². The lowest BCUT2D eigenvalue weighted by Crippen LogP contribution is -2.04. The molecule has 0 saturated carbocycles. The first-order valence-electron chi connectivity index (χ1n) is 7.19. The highest BCUT2D eigenvalue weighted by Gasteiger charge is 2.05. The Bertz CT molecular complexity index is 770. The van der Waals surface area contributed by atoms with Gasteiger partial charge in [-0.15, -0.1) is 0 Å². The van der Waals surface area contributed by atoms with E-state index in [4.69, 9.17) is 4.74 Å². The summed E-state index contributed by atoms with van der Waals surface area (Å²) in [6.45, 7) is 1.47. The Morgan fingerprint density at radius 2 is 1.46 bits per heavy atom. The maximum atomic E-state index is 11.8. The summed E-state index contributed by atoms with van der Waals surface area (Å²) in [6, 6.07) is 12.9. The van der Waals surface area contributed by atoms with Crippen molar-refractivity contribution in [3.05, 3.63) is 71.3 Å². The zero-order valence-electron chi connectivity index (χ0n) is 13.3. The van der Waals surface area contributed by atoms with Crippen LogP contribution in [-0.4, -0.2) is 24.8 Å². The zero-order chi connectivity index (χ0) is 17.5. The van der Waals surface area contributed by atoms with Gasteiger partial charge in [0.05, 0.1) is 12.7 Å². The average Bonchev–Trinajstić information content (AvgIpc) is 2.60. The maximum absolute atomic E-state index is 11.8. The minimum Gasteiger partial charge on any atom is -0.465 e. The number of hydrogen-bond acceptors (Lipinski definition) is 5. The zero-order valence-corrected chi connectivity index (χ0v) is 13.3. The van der Waals surface area contributed by atoms with E-state index in [1.54, 1.807) is 54.6 Å². The molecule has 0 fully saturated rings. The van der Waals surface area contributed by atoms with E-state index in [-0.39, 0.29) is 5.78 Å². The quantitative estimate of drug-likeness (QED) is 0.365. The Hall–Kier alpha value is -3.21. The standard InChI is InChI=1S/C19H16O5/c1-13(20)15-8-10-17(11-9-15)24-18(21)12-5-14-3-6-16(7-4-14)19(22)23-2/h3-12H,1-2H3/b12-5+. The Morgan fingerprint density at radius 1 is 0.875 bits per heavy atom. The number of carbonyl (C=O) groups excluding carboxylic acids is 3. The Kier molecular flexibility index (Phi) is 5.63.